The molecule has 1 rings (SSSR count). The SMILES string of the molecule is CCN(CC(=O)N(C)C)C1(CN)CCC(C)CC1. The van der Waals surface area contributed by atoms with Crippen molar-refractivity contribution in [3.05, 3.63) is 0 Å². The normalized spacial score (nSPS) is 28.4. The quantitative estimate of drug-likeness (QED) is 0.805. The molecule has 1 aliphatic carbocycles. The first-order valence-electron chi connectivity index (χ1n) is 7.10. The van der Waals surface area contributed by atoms with E-state index in [1.807, 2.05) is 14.1 Å². The zero-order valence-electron chi connectivity index (χ0n) is 12.4. The molecule has 0 bridgehead atoms. The number of hydrogen-bond donors (Lipinski definition) is 1. The predicted molar refractivity (Wildman–Crippen MR) is 75.4 cm³/mol. The summed E-state index contributed by atoms with van der Waals surface area (Å²) in [5.74, 6) is 0.969. The Hall–Kier alpha value is -0.610. The fourth-order valence-electron chi connectivity index (χ4n) is 2.87. The van der Waals surface area contributed by atoms with E-state index < -0.39 is 0 Å². The zero-order chi connectivity index (χ0) is 13.8. The van der Waals surface area contributed by atoms with Crippen LogP contribution in [0, 0.1) is 5.92 Å². The zero-order valence-corrected chi connectivity index (χ0v) is 12.4. The molecule has 18 heavy (non-hydrogen) atoms. The summed E-state index contributed by atoms with van der Waals surface area (Å²) in [6.07, 6.45) is 4.70. The van der Waals surface area contributed by atoms with Crippen LogP contribution >= 0.6 is 0 Å². The number of hydrogen-bond acceptors (Lipinski definition) is 3. The highest BCUT2D eigenvalue weighted by Gasteiger charge is 2.38. The molecule has 4 nitrogen and oxygen atoms in total. The van der Waals surface area contributed by atoms with Crippen LogP contribution in [0.2, 0.25) is 0 Å². The molecule has 0 saturated heterocycles. The van der Waals surface area contributed by atoms with Crippen molar-refractivity contribution >= 4 is 5.91 Å². The summed E-state index contributed by atoms with van der Waals surface area (Å²) in [5, 5.41) is 0. The maximum atomic E-state index is 11.9. The summed E-state index contributed by atoms with van der Waals surface area (Å²) in [4.78, 5) is 15.9. The summed E-state index contributed by atoms with van der Waals surface area (Å²) in [6.45, 7) is 6.48. The summed E-state index contributed by atoms with van der Waals surface area (Å²) in [5.41, 5.74) is 6.09. The third-order valence-electron chi connectivity index (χ3n) is 4.46. The monoisotopic (exact) mass is 255 g/mol. The van der Waals surface area contributed by atoms with Crippen LogP contribution in [0.25, 0.3) is 0 Å². The van der Waals surface area contributed by atoms with E-state index in [1.54, 1.807) is 4.90 Å². The molecule has 106 valence electrons. The Bertz CT molecular complexity index is 270. The Morgan fingerprint density at radius 2 is 1.89 bits per heavy atom. The van der Waals surface area contributed by atoms with Crippen molar-refractivity contribution in [3.8, 4) is 0 Å². The van der Waals surface area contributed by atoms with Gasteiger partial charge in [0.2, 0.25) is 5.91 Å². The van der Waals surface area contributed by atoms with Crippen molar-refractivity contribution in [1.82, 2.24) is 9.80 Å². The fourth-order valence-corrected chi connectivity index (χ4v) is 2.87. The second-order valence-electron chi connectivity index (χ2n) is 5.91. The highest BCUT2D eigenvalue weighted by Crippen LogP contribution is 2.35. The molecule has 0 aliphatic heterocycles. The first-order chi connectivity index (χ1) is 8.45. The van der Waals surface area contributed by atoms with E-state index in [-0.39, 0.29) is 11.4 Å². The molecule has 0 radical (unpaired) electrons. The standard InChI is InChI=1S/C14H29N3O/c1-5-17(10-13(18)16(3)4)14(11-15)8-6-12(2)7-9-14/h12H,5-11,15H2,1-4H3. The molecule has 1 aliphatic rings. The van der Waals surface area contributed by atoms with Gasteiger partial charge in [0.15, 0.2) is 0 Å². The summed E-state index contributed by atoms with van der Waals surface area (Å²) < 4.78 is 0. The third-order valence-corrected chi connectivity index (χ3v) is 4.46. The minimum Gasteiger partial charge on any atom is -0.348 e. The molecule has 1 fully saturated rings. The Morgan fingerprint density at radius 3 is 2.28 bits per heavy atom. The number of carbonyl (C=O) groups is 1. The van der Waals surface area contributed by atoms with Crippen LogP contribution < -0.4 is 5.73 Å². The first kappa shape index (κ1) is 15.4. The highest BCUT2D eigenvalue weighted by atomic mass is 16.2. The van der Waals surface area contributed by atoms with E-state index in [9.17, 15) is 4.79 Å². The van der Waals surface area contributed by atoms with Crippen molar-refractivity contribution in [1.29, 1.82) is 0 Å². The Kier molecular flexibility index (Phi) is 5.60. The number of rotatable bonds is 5. The average molecular weight is 255 g/mol. The lowest BCUT2D eigenvalue weighted by molar-refractivity contribution is -0.132. The van der Waals surface area contributed by atoms with Crippen LogP contribution in [0.5, 0.6) is 0 Å². The highest BCUT2D eigenvalue weighted by molar-refractivity contribution is 5.77. The van der Waals surface area contributed by atoms with Gasteiger partial charge in [-0.1, -0.05) is 13.8 Å². The van der Waals surface area contributed by atoms with Gasteiger partial charge in [0.1, 0.15) is 0 Å². The summed E-state index contributed by atoms with van der Waals surface area (Å²) in [7, 11) is 3.63. The van der Waals surface area contributed by atoms with Gasteiger partial charge >= 0.3 is 0 Å². The topological polar surface area (TPSA) is 49.6 Å². The van der Waals surface area contributed by atoms with Gasteiger partial charge in [0.05, 0.1) is 6.54 Å². The smallest absolute Gasteiger partial charge is 0.236 e. The van der Waals surface area contributed by atoms with Gasteiger partial charge in [0, 0.05) is 26.2 Å². The predicted octanol–water partition coefficient (Wildman–Crippen LogP) is 1.30. The van der Waals surface area contributed by atoms with Crippen molar-refractivity contribution in [3.63, 3.8) is 0 Å². The lowest BCUT2D eigenvalue weighted by atomic mass is 9.76. The van der Waals surface area contributed by atoms with Gasteiger partial charge in [-0.05, 0) is 38.1 Å². The number of nitrogens with two attached hydrogens (primary N) is 1. The molecule has 0 spiro atoms. The minimum absolute atomic E-state index is 0.0485. The van der Waals surface area contributed by atoms with Crippen LogP contribution in [0.1, 0.15) is 39.5 Å². The van der Waals surface area contributed by atoms with Crippen LogP contribution in [0.15, 0.2) is 0 Å². The van der Waals surface area contributed by atoms with Crippen LogP contribution in [-0.4, -0.2) is 55.0 Å². The van der Waals surface area contributed by atoms with Crippen LogP contribution in [-0.2, 0) is 4.79 Å². The summed E-state index contributed by atoms with van der Waals surface area (Å²) >= 11 is 0. The van der Waals surface area contributed by atoms with E-state index in [0.717, 1.165) is 25.3 Å². The average Bonchev–Trinajstić information content (AvgIpc) is 2.37. The molecular weight excluding hydrogens is 226 g/mol. The Balaban J connectivity index is 2.74. The van der Waals surface area contributed by atoms with Crippen molar-refractivity contribution in [2.24, 2.45) is 11.7 Å². The lowest BCUT2D eigenvalue weighted by Gasteiger charge is -2.47. The Labute approximate surface area is 111 Å². The maximum absolute atomic E-state index is 11.9. The van der Waals surface area contributed by atoms with Gasteiger partial charge in [-0.15, -0.1) is 0 Å². The largest absolute Gasteiger partial charge is 0.348 e. The molecule has 1 amide bonds. The number of carbonyl (C=O) groups excluding carboxylic acids is 1. The van der Waals surface area contributed by atoms with E-state index in [1.165, 1.54) is 12.8 Å². The lowest BCUT2D eigenvalue weighted by Crippen LogP contribution is -2.57. The second kappa shape index (κ2) is 6.53. The van der Waals surface area contributed by atoms with E-state index in [0.29, 0.717) is 13.1 Å². The molecule has 2 N–H and O–H groups in total. The molecule has 0 aromatic rings. The van der Waals surface area contributed by atoms with Gasteiger partial charge < -0.3 is 10.6 Å². The molecule has 0 atom stereocenters. The Morgan fingerprint density at radius 1 is 1.33 bits per heavy atom. The third kappa shape index (κ3) is 3.45. The molecule has 0 aromatic heterocycles. The van der Waals surface area contributed by atoms with Gasteiger partial charge in [-0.3, -0.25) is 9.69 Å². The van der Waals surface area contributed by atoms with Crippen molar-refractivity contribution in [2.75, 3.05) is 33.7 Å². The molecular formula is C14H29N3O. The second-order valence-corrected chi connectivity index (χ2v) is 5.91. The van der Waals surface area contributed by atoms with Crippen molar-refractivity contribution in [2.45, 2.75) is 45.1 Å². The molecule has 0 heterocycles. The number of nitrogens with zero attached hydrogens (tertiary/aromatic N) is 2. The maximum Gasteiger partial charge on any atom is 0.236 e. The van der Waals surface area contributed by atoms with Gasteiger partial charge in [0.25, 0.3) is 0 Å². The van der Waals surface area contributed by atoms with Crippen LogP contribution in [0.4, 0.5) is 0 Å². The minimum atomic E-state index is 0.0485. The van der Waals surface area contributed by atoms with E-state index >= 15 is 0 Å². The first-order valence-corrected chi connectivity index (χ1v) is 7.10. The van der Waals surface area contributed by atoms with Gasteiger partial charge in [-0.2, -0.15) is 0 Å². The summed E-state index contributed by atoms with van der Waals surface area (Å²) in [6, 6.07) is 0. The molecule has 1 saturated carbocycles. The van der Waals surface area contributed by atoms with Gasteiger partial charge in [-0.25, -0.2) is 0 Å². The fraction of sp³-hybridized carbons (Fsp3) is 0.929. The number of amides is 1. The van der Waals surface area contributed by atoms with Crippen molar-refractivity contribution < 1.29 is 4.79 Å². The number of likely N-dealkylation sites (N-methyl/N-ethyl adjacent to an activating group) is 2. The molecule has 0 aromatic carbocycles. The van der Waals surface area contributed by atoms with E-state index in [4.69, 9.17) is 5.73 Å². The molecule has 4 heteroatoms. The van der Waals surface area contributed by atoms with E-state index in [2.05, 4.69) is 18.7 Å². The van der Waals surface area contributed by atoms with Crippen LogP contribution in [0.3, 0.4) is 0 Å². The molecule has 0 unspecified atom stereocenters.